The number of thioether (sulfide) groups is 1. The summed E-state index contributed by atoms with van der Waals surface area (Å²) in [5.74, 6) is -1.47. The molecule has 1 aromatic carbocycles. The van der Waals surface area contributed by atoms with Crippen LogP contribution in [0.25, 0.3) is 0 Å². The molecule has 2 amide bonds. The number of anilines is 1. The first kappa shape index (κ1) is 19.7. The van der Waals surface area contributed by atoms with Crippen LogP contribution in [0.5, 0.6) is 0 Å². The first-order valence-corrected chi connectivity index (χ1v) is 10.1. The monoisotopic (exact) mass is 394 g/mol. The highest BCUT2D eigenvalue weighted by molar-refractivity contribution is 8.01. The van der Waals surface area contributed by atoms with Gasteiger partial charge in [-0.15, -0.1) is 11.8 Å². The summed E-state index contributed by atoms with van der Waals surface area (Å²) >= 11 is 1.17. The van der Waals surface area contributed by atoms with Crippen LogP contribution in [0, 0.1) is 17.7 Å². The van der Waals surface area contributed by atoms with Crippen LogP contribution in [0.4, 0.5) is 10.1 Å². The van der Waals surface area contributed by atoms with Crippen molar-refractivity contribution in [3.8, 4) is 0 Å². The molecule has 6 nitrogen and oxygen atoms in total. The van der Waals surface area contributed by atoms with Crippen LogP contribution in [0.1, 0.15) is 26.2 Å². The summed E-state index contributed by atoms with van der Waals surface area (Å²) in [6, 6.07) is 4.69. The average Bonchev–Trinajstić information content (AvgIpc) is 3.21. The highest BCUT2D eigenvalue weighted by Gasteiger charge is 2.50. The van der Waals surface area contributed by atoms with Gasteiger partial charge in [-0.3, -0.25) is 9.59 Å². The summed E-state index contributed by atoms with van der Waals surface area (Å²) in [7, 11) is 0. The standard InChI is InChI=1S/C19H23FN2O4S/c1-11(27-10-16(23)21-14-7-5-13(20)6-8-14)18(24)22-9-12-3-2-4-15(12)17(22)19(25)26/h5-8,11-12,15,17H,2-4,9-10H2,1H3,(H,21,23)(H,25,26). The molecule has 2 fully saturated rings. The number of rotatable bonds is 6. The quantitative estimate of drug-likeness (QED) is 0.775. The number of likely N-dealkylation sites (tertiary alicyclic amines) is 1. The SMILES string of the molecule is CC(SCC(=O)Nc1ccc(F)cc1)C(=O)N1CC2CCCC2C1C(=O)O. The van der Waals surface area contributed by atoms with Crippen molar-refractivity contribution in [2.45, 2.75) is 37.5 Å². The highest BCUT2D eigenvalue weighted by atomic mass is 32.2. The molecule has 0 radical (unpaired) electrons. The van der Waals surface area contributed by atoms with Crippen molar-refractivity contribution >= 4 is 35.2 Å². The zero-order valence-corrected chi connectivity index (χ0v) is 15.9. The molecule has 0 bridgehead atoms. The molecule has 1 saturated carbocycles. The van der Waals surface area contributed by atoms with Gasteiger partial charge in [-0.1, -0.05) is 6.42 Å². The van der Waals surface area contributed by atoms with Crippen LogP contribution >= 0.6 is 11.8 Å². The molecular formula is C19H23FN2O4S. The van der Waals surface area contributed by atoms with Gasteiger partial charge >= 0.3 is 5.97 Å². The zero-order chi connectivity index (χ0) is 19.6. The first-order valence-electron chi connectivity index (χ1n) is 9.07. The molecule has 8 heteroatoms. The van der Waals surface area contributed by atoms with E-state index in [4.69, 9.17) is 0 Å². The maximum absolute atomic E-state index is 12.9. The van der Waals surface area contributed by atoms with E-state index in [1.165, 1.54) is 40.9 Å². The predicted octanol–water partition coefficient (Wildman–Crippen LogP) is 2.60. The smallest absolute Gasteiger partial charge is 0.326 e. The molecule has 3 rings (SSSR count). The molecule has 4 atom stereocenters. The Hall–Kier alpha value is -2.09. The molecule has 27 heavy (non-hydrogen) atoms. The summed E-state index contributed by atoms with van der Waals surface area (Å²) in [5.41, 5.74) is 0.485. The van der Waals surface area contributed by atoms with Gasteiger partial charge in [0.05, 0.1) is 11.0 Å². The fourth-order valence-electron chi connectivity index (χ4n) is 4.08. The lowest BCUT2D eigenvalue weighted by Gasteiger charge is -2.27. The van der Waals surface area contributed by atoms with E-state index in [-0.39, 0.29) is 35.2 Å². The van der Waals surface area contributed by atoms with Gasteiger partial charge in [-0.2, -0.15) is 0 Å². The van der Waals surface area contributed by atoms with E-state index in [1.54, 1.807) is 6.92 Å². The van der Waals surface area contributed by atoms with Gasteiger partial charge in [0.2, 0.25) is 11.8 Å². The molecule has 2 N–H and O–H groups in total. The van der Waals surface area contributed by atoms with Crippen molar-refractivity contribution in [3.05, 3.63) is 30.1 Å². The molecule has 1 aliphatic heterocycles. The third-order valence-electron chi connectivity index (χ3n) is 5.37. The van der Waals surface area contributed by atoms with Crippen molar-refractivity contribution in [3.63, 3.8) is 0 Å². The van der Waals surface area contributed by atoms with Crippen molar-refractivity contribution in [1.29, 1.82) is 0 Å². The fourth-order valence-corrected chi connectivity index (χ4v) is 4.84. The lowest BCUT2D eigenvalue weighted by molar-refractivity contribution is -0.149. The number of nitrogens with one attached hydrogen (secondary N) is 1. The third kappa shape index (κ3) is 4.43. The number of halogens is 1. The largest absolute Gasteiger partial charge is 0.480 e. The number of benzene rings is 1. The molecule has 2 aliphatic rings. The van der Waals surface area contributed by atoms with E-state index in [0.29, 0.717) is 12.2 Å². The molecular weight excluding hydrogens is 371 g/mol. The molecule has 4 unspecified atom stereocenters. The highest BCUT2D eigenvalue weighted by Crippen LogP contribution is 2.42. The Bertz CT molecular complexity index is 727. The molecule has 146 valence electrons. The van der Waals surface area contributed by atoms with E-state index in [2.05, 4.69) is 5.32 Å². The zero-order valence-electron chi connectivity index (χ0n) is 15.1. The fraction of sp³-hybridized carbons (Fsp3) is 0.526. The lowest BCUT2D eigenvalue weighted by atomic mass is 9.94. The van der Waals surface area contributed by atoms with E-state index in [0.717, 1.165) is 19.3 Å². The molecule has 1 aliphatic carbocycles. The van der Waals surface area contributed by atoms with E-state index in [1.807, 2.05) is 0 Å². The van der Waals surface area contributed by atoms with Gasteiger partial charge in [0, 0.05) is 12.2 Å². The van der Waals surface area contributed by atoms with Crippen LogP contribution in [0.2, 0.25) is 0 Å². The normalized spacial score (nSPS) is 25.1. The van der Waals surface area contributed by atoms with Crippen molar-refractivity contribution in [2.24, 2.45) is 11.8 Å². The van der Waals surface area contributed by atoms with Gasteiger partial charge < -0.3 is 15.3 Å². The Kier molecular flexibility index (Phi) is 6.04. The van der Waals surface area contributed by atoms with Gasteiger partial charge in [-0.25, -0.2) is 9.18 Å². The number of fused-ring (bicyclic) bond motifs is 1. The molecule has 1 saturated heterocycles. The number of aliphatic carboxylic acids is 1. The summed E-state index contributed by atoms with van der Waals surface area (Å²) in [6.07, 6.45) is 2.85. The van der Waals surface area contributed by atoms with Crippen molar-refractivity contribution < 1.29 is 23.9 Å². The van der Waals surface area contributed by atoms with Crippen LogP contribution in [0.15, 0.2) is 24.3 Å². The molecule has 0 spiro atoms. The van der Waals surface area contributed by atoms with Crippen LogP contribution in [-0.4, -0.2) is 51.4 Å². The predicted molar refractivity (Wildman–Crippen MR) is 101 cm³/mol. The molecule has 1 aromatic rings. The number of nitrogens with zero attached hydrogens (tertiary/aromatic N) is 1. The van der Waals surface area contributed by atoms with Crippen molar-refractivity contribution in [2.75, 3.05) is 17.6 Å². The maximum atomic E-state index is 12.9. The minimum Gasteiger partial charge on any atom is -0.480 e. The Morgan fingerprint density at radius 3 is 2.67 bits per heavy atom. The van der Waals surface area contributed by atoms with Crippen LogP contribution in [-0.2, 0) is 14.4 Å². The Balaban J connectivity index is 1.53. The number of carbonyl (C=O) groups excluding carboxylic acids is 2. The van der Waals surface area contributed by atoms with Crippen LogP contribution in [0.3, 0.4) is 0 Å². The van der Waals surface area contributed by atoms with Gasteiger partial charge in [0.15, 0.2) is 0 Å². The molecule has 1 heterocycles. The van der Waals surface area contributed by atoms with E-state index in [9.17, 15) is 23.9 Å². The van der Waals surface area contributed by atoms with Crippen molar-refractivity contribution in [1.82, 2.24) is 4.90 Å². The first-order chi connectivity index (χ1) is 12.9. The lowest BCUT2D eigenvalue weighted by Crippen LogP contribution is -2.46. The Morgan fingerprint density at radius 1 is 1.30 bits per heavy atom. The number of hydrogen-bond donors (Lipinski definition) is 2. The second-order valence-electron chi connectivity index (χ2n) is 7.14. The number of amides is 2. The maximum Gasteiger partial charge on any atom is 0.326 e. The summed E-state index contributed by atoms with van der Waals surface area (Å²) < 4.78 is 12.9. The van der Waals surface area contributed by atoms with Gasteiger partial charge in [-0.05, 0) is 55.9 Å². The third-order valence-corrected chi connectivity index (χ3v) is 6.50. The number of carboxylic acids is 1. The topological polar surface area (TPSA) is 86.7 Å². The number of carbonyl (C=O) groups is 3. The summed E-state index contributed by atoms with van der Waals surface area (Å²) in [4.78, 5) is 38.0. The second kappa shape index (κ2) is 8.29. The minimum atomic E-state index is -0.941. The average molecular weight is 394 g/mol. The van der Waals surface area contributed by atoms with Gasteiger partial charge in [0.25, 0.3) is 0 Å². The molecule has 0 aromatic heterocycles. The minimum absolute atomic E-state index is 0.0467. The summed E-state index contributed by atoms with van der Waals surface area (Å²) in [5, 5.41) is 11.7. The summed E-state index contributed by atoms with van der Waals surface area (Å²) in [6.45, 7) is 2.19. The Morgan fingerprint density at radius 2 is 2.00 bits per heavy atom. The van der Waals surface area contributed by atoms with E-state index >= 15 is 0 Å². The Labute approximate surface area is 161 Å². The number of carboxylic acid groups (broad SMARTS) is 1. The van der Waals surface area contributed by atoms with E-state index < -0.39 is 17.3 Å². The van der Waals surface area contributed by atoms with Crippen LogP contribution < -0.4 is 5.32 Å². The van der Waals surface area contributed by atoms with Gasteiger partial charge in [0.1, 0.15) is 11.9 Å². The second-order valence-corrected chi connectivity index (χ2v) is 8.47. The number of hydrogen-bond acceptors (Lipinski definition) is 4.